The Bertz CT molecular complexity index is 332. The Morgan fingerprint density at radius 3 is 3.12 bits per heavy atom. The molecule has 2 heterocycles. The molecule has 1 unspecified atom stereocenters. The molecule has 0 aliphatic carbocycles. The van der Waals surface area contributed by atoms with Crippen LogP contribution in [0.5, 0.6) is 0 Å². The van der Waals surface area contributed by atoms with Gasteiger partial charge in [-0.15, -0.1) is 10.2 Å². The maximum absolute atomic E-state index is 5.76. The monoisotopic (exact) mass is 261 g/mol. The third kappa shape index (κ3) is 3.38. The lowest BCUT2D eigenvalue weighted by Gasteiger charge is -2.31. The molecule has 0 spiro atoms. The van der Waals surface area contributed by atoms with Crippen LogP contribution in [0.4, 0.5) is 0 Å². The number of hydrogen-bond donors (Lipinski definition) is 0. The van der Waals surface area contributed by atoms with Crippen molar-refractivity contribution >= 4 is 22.9 Å². The SMILES string of the molecule is COCC1CCCN(Cc2nnc(Cl)s2)C1. The first-order valence-electron chi connectivity index (χ1n) is 5.47. The number of ether oxygens (including phenoxy) is 1. The number of aromatic nitrogens is 2. The lowest BCUT2D eigenvalue weighted by molar-refractivity contribution is 0.0872. The van der Waals surface area contributed by atoms with Gasteiger partial charge in [-0.05, 0) is 36.9 Å². The smallest absolute Gasteiger partial charge is 0.207 e. The number of methoxy groups -OCH3 is 1. The fourth-order valence-corrected chi connectivity index (χ4v) is 3.06. The van der Waals surface area contributed by atoms with Gasteiger partial charge in [-0.1, -0.05) is 11.3 Å². The van der Waals surface area contributed by atoms with Gasteiger partial charge in [0.15, 0.2) is 0 Å². The number of piperidine rings is 1. The fraction of sp³-hybridized carbons (Fsp3) is 0.800. The summed E-state index contributed by atoms with van der Waals surface area (Å²) in [7, 11) is 1.77. The minimum atomic E-state index is 0.528. The molecule has 0 amide bonds. The standard InChI is InChI=1S/C10H16ClN3OS/c1-15-7-8-3-2-4-14(5-8)6-9-12-13-10(11)16-9/h8H,2-7H2,1H3. The molecule has 0 radical (unpaired) electrons. The van der Waals surface area contributed by atoms with Crippen LogP contribution in [0.15, 0.2) is 0 Å². The topological polar surface area (TPSA) is 38.2 Å². The first-order valence-corrected chi connectivity index (χ1v) is 6.66. The molecule has 2 rings (SSSR count). The summed E-state index contributed by atoms with van der Waals surface area (Å²) in [4.78, 5) is 2.41. The Morgan fingerprint density at radius 2 is 2.44 bits per heavy atom. The summed E-state index contributed by atoms with van der Waals surface area (Å²) < 4.78 is 5.74. The Hall–Kier alpha value is -0.230. The van der Waals surface area contributed by atoms with Crippen LogP contribution in [-0.2, 0) is 11.3 Å². The van der Waals surface area contributed by atoms with Crippen molar-refractivity contribution in [1.29, 1.82) is 0 Å². The first kappa shape index (κ1) is 12.2. The van der Waals surface area contributed by atoms with Crippen LogP contribution in [0.25, 0.3) is 0 Å². The van der Waals surface area contributed by atoms with Crippen molar-refractivity contribution in [2.75, 3.05) is 26.8 Å². The summed E-state index contributed by atoms with van der Waals surface area (Å²) in [6.07, 6.45) is 2.50. The van der Waals surface area contributed by atoms with E-state index < -0.39 is 0 Å². The maximum atomic E-state index is 5.76. The Morgan fingerprint density at radius 1 is 1.56 bits per heavy atom. The summed E-state index contributed by atoms with van der Waals surface area (Å²) in [6, 6.07) is 0. The number of hydrogen-bond acceptors (Lipinski definition) is 5. The summed E-state index contributed by atoms with van der Waals surface area (Å²) in [5, 5.41) is 8.87. The molecule has 0 N–H and O–H groups in total. The van der Waals surface area contributed by atoms with Crippen molar-refractivity contribution in [3.05, 3.63) is 9.47 Å². The van der Waals surface area contributed by atoms with Crippen LogP contribution < -0.4 is 0 Å². The van der Waals surface area contributed by atoms with E-state index in [0.717, 1.165) is 31.2 Å². The quantitative estimate of drug-likeness (QED) is 0.832. The molecule has 1 aliphatic heterocycles. The largest absolute Gasteiger partial charge is 0.384 e. The molecule has 0 aromatic carbocycles. The van der Waals surface area contributed by atoms with Crippen LogP contribution in [0, 0.1) is 5.92 Å². The summed E-state index contributed by atoms with van der Waals surface area (Å²) >= 11 is 7.23. The van der Waals surface area contributed by atoms with Crippen LogP contribution in [0.2, 0.25) is 4.47 Å². The highest BCUT2D eigenvalue weighted by atomic mass is 35.5. The predicted octanol–water partition coefficient (Wildman–Crippen LogP) is 2.05. The van der Waals surface area contributed by atoms with Crippen molar-refractivity contribution in [2.24, 2.45) is 5.92 Å². The number of halogens is 1. The molecule has 1 aliphatic rings. The Balaban J connectivity index is 1.85. The van der Waals surface area contributed by atoms with Crippen molar-refractivity contribution in [3.8, 4) is 0 Å². The van der Waals surface area contributed by atoms with Gasteiger partial charge in [-0.25, -0.2) is 0 Å². The van der Waals surface area contributed by atoms with Gasteiger partial charge in [0.1, 0.15) is 5.01 Å². The van der Waals surface area contributed by atoms with E-state index in [1.807, 2.05) is 0 Å². The number of likely N-dealkylation sites (tertiary alicyclic amines) is 1. The second kappa shape index (κ2) is 5.91. The average Bonchev–Trinajstić information content (AvgIpc) is 2.65. The van der Waals surface area contributed by atoms with E-state index in [2.05, 4.69) is 15.1 Å². The summed E-state index contributed by atoms with van der Waals surface area (Å²) in [6.45, 7) is 3.94. The van der Waals surface area contributed by atoms with Gasteiger partial charge in [-0.3, -0.25) is 4.90 Å². The highest BCUT2D eigenvalue weighted by Gasteiger charge is 2.20. The predicted molar refractivity (Wildman–Crippen MR) is 64.8 cm³/mol. The van der Waals surface area contributed by atoms with Crippen LogP contribution in [-0.4, -0.2) is 41.9 Å². The molecule has 1 aromatic rings. The zero-order valence-corrected chi connectivity index (χ0v) is 10.9. The number of nitrogens with zero attached hydrogens (tertiary/aromatic N) is 3. The van der Waals surface area contributed by atoms with Crippen LogP contribution in [0.1, 0.15) is 17.8 Å². The molecular weight excluding hydrogens is 246 g/mol. The van der Waals surface area contributed by atoms with Gasteiger partial charge >= 0.3 is 0 Å². The van der Waals surface area contributed by atoms with Gasteiger partial charge in [0.05, 0.1) is 13.2 Å². The normalized spacial score (nSPS) is 22.5. The van der Waals surface area contributed by atoms with Gasteiger partial charge in [0.25, 0.3) is 0 Å². The van der Waals surface area contributed by atoms with Crippen molar-refractivity contribution in [1.82, 2.24) is 15.1 Å². The summed E-state index contributed by atoms with van der Waals surface area (Å²) in [5.74, 6) is 0.655. The first-order chi connectivity index (χ1) is 7.78. The molecule has 1 aromatic heterocycles. The Kier molecular flexibility index (Phi) is 4.52. The zero-order valence-electron chi connectivity index (χ0n) is 9.36. The lowest BCUT2D eigenvalue weighted by atomic mass is 9.99. The molecule has 1 fully saturated rings. The van der Waals surface area contributed by atoms with E-state index in [4.69, 9.17) is 16.3 Å². The van der Waals surface area contributed by atoms with Crippen molar-refractivity contribution in [2.45, 2.75) is 19.4 Å². The average molecular weight is 262 g/mol. The van der Waals surface area contributed by atoms with E-state index in [1.54, 1.807) is 7.11 Å². The van der Waals surface area contributed by atoms with E-state index in [-0.39, 0.29) is 0 Å². The highest BCUT2D eigenvalue weighted by Crippen LogP contribution is 2.21. The minimum Gasteiger partial charge on any atom is -0.384 e. The molecule has 1 saturated heterocycles. The third-order valence-electron chi connectivity index (χ3n) is 2.81. The molecular formula is C10H16ClN3OS. The maximum Gasteiger partial charge on any atom is 0.207 e. The van der Waals surface area contributed by atoms with Gasteiger partial charge in [0.2, 0.25) is 4.47 Å². The van der Waals surface area contributed by atoms with E-state index in [0.29, 0.717) is 10.4 Å². The van der Waals surface area contributed by atoms with E-state index in [9.17, 15) is 0 Å². The lowest BCUT2D eigenvalue weighted by Crippen LogP contribution is -2.36. The van der Waals surface area contributed by atoms with E-state index in [1.165, 1.54) is 24.2 Å². The Labute approximate surface area is 105 Å². The van der Waals surface area contributed by atoms with Crippen LogP contribution >= 0.6 is 22.9 Å². The summed E-state index contributed by atoms with van der Waals surface area (Å²) in [5.41, 5.74) is 0. The minimum absolute atomic E-state index is 0.528. The molecule has 0 bridgehead atoms. The third-order valence-corrected chi connectivity index (χ3v) is 3.81. The molecule has 90 valence electrons. The molecule has 4 nitrogen and oxygen atoms in total. The van der Waals surface area contributed by atoms with Gasteiger partial charge < -0.3 is 4.74 Å². The second-order valence-electron chi connectivity index (χ2n) is 4.15. The van der Waals surface area contributed by atoms with Gasteiger partial charge in [0, 0.05) is 13.7 Å². The van der Waals surface area contributed by atoms with Gasteiger partial charge in [-0.2, -0.15) is 0 Å². The van der Waals surface area contributed by atoms with Crippen molar-refractivity contribution in [3.63, 3.8) is 0 Å². The fourth-order valence-electron chi connectivity index (χ4n) is 2.15. The molecule has 1 atom stereocenters. The van der Waals surface area contributed by atoms with E-state index >= 15 is 0 Å². The molecule has 6 heteroatoms. The highest BCUT2D eigenvalue weighted by molar-refractivity contribution is 7.15. The molecule has 0 saturated carbocycles. The molecule has 16 heavy (non-hydrogen) atoms. The number of rotatable bonds is 4. The van der Waals surface area contributed by atoms with Crippen LogP contribution in [0.3, 0.4) is 0 Å². The van der Waals surface area contributed by atoms with Crippen molar-refractivity contribution < 1.29 is 4.74 Å². The zero-order chi connectivity index (χ0) is 11.4. The second-order valence-corrected chi connectivity index (χ2v) is 5.79.